The SMILES string of the molecule is CCN(CC)CCNc1cc(C2C(=O)Nc3ccccc32)nc2ccccc12. The van der Waals surface area contributed by atoms with Crippen LogP contribution >= 0.6 is 0 Å². The van der Waals surface area contributed by atoms with Crippen LogP contribution in [0.5, 0.6) is 0 Å². The molecule has 4 rings (SSSR count). The van der Waals surface area contributed by atoms with Crippen LogP contribution in [0.2, 0.25) is 0 Å². The van der Waals surface area contributed by atoms with Gasteiger partial charge >= 0.3 is 0 Å². The Labute approximate surface area is 165 Å². The van der Waals surface area contributed by atoms with Crippen molar-refractivity contribution in [2.45, 2.75) is 19.8 Å². The summed E-state index contributed by atoms with van der Waals surface area (Å²) >= 11 is 0. The highest BCUT2D eigenvalue weighted by atomic mass is 16.2. The van der Waals surface area contributed by atoms with Crippen molar-refractivity contribution >= 4 is 28.2 Å². The van der Waals surface area contributed by atoms with Crippen molar-refractivity contribution in [3.8, 4) is 0 Å². The zero-order chi connectivity index (χ0) is 19.5. The second kappa shape index (κ2) is 7.98. The van der Waals surface area contributed by atoms with Gasteiger partial charge in [-0.1, -0.05) is 50.2 Å². The lowest BCUT2D eigenvalue weighted by Crippen LogP contribution is -2.28. The highest BCUT2D eigenvalue weighted by molar-refractivity contribution is 6.05. The Kier molecular flexibility index (Phi) is 5.26. The Hall–Kier alpha value is -2.92. The zero-order valence-corrected chi connectivity index (χ0v) is 16.4. The van der Waals surface area contributed by atoms with Crippen LogP contribution in [0, 0.1) is 0 Å². The lowest BCUT2D eigenvalue weighted by atomic mass is 9.95. The number of amides is 1. The maximum absolute atomic E-state index is 12.7. The van der Waals surface area contributed by atoms with Crippen molar-refractivity contribution in [3.63, 3.8) is 0 Å². The molecule has 1 aliphatic rings. The van der Waals surface area contributed by atoms with Gasteiger partial charge in [-0.2, -0.15) is 0 Å². The Bertz CT molecular complexity index is 997. The van der Waals surface area contributed by atoms with Crippen LogP contribution < -0.4 is 10.6 Å². The molecule has 28 heavy (non-hydrogen) atoms. The molecule has 1 amide bonds. The Morgan fingerprint density at radius 1 is 1.07 bits per heavy atom. The smallest absolute Gasteiger partial charge is 0.238 e. The molecule has 144 valence electrons. The van der Waals surface area contributed by atoms with E-state index < -0.39 is 0 Å². The molecule has 1 atom stereocenters. The number of rotatable bonds is 7. The molecule has 0 spiro atoms. The first-order valence-corrected chi connectivity index (χ1v) is 9.97. The van der Waals surface area contributed by atoms with Crippen LogP contribution in [0.1, 0.15) is 31.0 Å². The number of carbonyl (C=O) groups is 1. The molecule has 5 nitrogen and oxygen atoms in total. The molecule has 0 aliphatic carbocycles. The molecule has 0 fully saturated rings. The summed E-state index contributed by atoms with van der Waals surface area (Å²) in [5.41, 5.74) is 4.59. The number of aromatic nitrogens is 1. The van der Waals surface area contributed by atoms with Gasteiger partial charge in [0.1, 0.15) is 5.92 Å². The van der Waals surface area contributed by atoms with Crippen molar-refractivity contribution in [3.05, 3.63) is 65.9 Å². The van der Waals surface area contributed by atoms with Gasteiger partial charge in [0.05, 0.1) is 11.2 Å². The van der Waals surface area contributed by atoms with E-state index in [4.69, 9.17) is 4.98 Å². The minimum Gasteiger partial charge on any atom is -0.383 e. The van der Waals surface area contributed by atoms with E-state index in [-0.39, 0.29) is 11.8 Å². The molecule has 2 heterocycles. The van der Waals surface area contributed by atoms with Crippen LogP contribution in [0.15, 0.2) is 54.6 Å². The summed E-state index contributed by atoms with van der Waals surface area (Å²) in [5, 5.41) is 7.64. The molecule has 0 radical (unpaired) electrons. The summed E-state index contributed by atoms with van der Waals surface area (Å²) in [4.78, 5) is 19.9. The fourth-order valence-electron chi connectivity index (χ4n) is 3.88. The Balaban J connectivity index is 1.69. The number of pyridine rings is 1. The van der Waals surface area contributed by atoms with Gasteiger partial charge in [-0.15, -0.1) is 0 Å². The van der Waals surface area contributed by atoms with Crippen molar-refractivity contribution in [1.29, 1.82) is 0 Å². The standard InChI is InChI=1S/C23H26N4O/c1-3-27(4-2)14-13-24-20-15-21(25-18-11-7-5-9-16(18)20)22-17-10-6-8-12-19(17)26-23(22)28/h5-12,15,22H,3-4,13-14H2,1-2H3,(H,24,25)(H,26,28). The maximum Gasteiger partial charge on any atom is 0.238 e. The first-order chi connectivity index (χ1) is 13.7. The fraction of sp³-hybridized carbons (Fsp3) is 0.304. The fourth-order valence-corrected chi connectivity index (χ4v) is 3.88. The molecule has 1 aliphatic heterocycles. The van der Waals surface area contributed by atoms with Crippen molar-refractivity contribution in [1.82, 2.24) is 9.88 Å². The van der Waals surface area contributed by atoms with Crippen LogP contribution in [0.3, 0.4) is 0 Å². The number of hydrogen-bond donors (Lipinski definition) is 2. The molecule has 2 aromatic carbocycles. The average Bonchev–Trinajstić information content (AvgIpc) is 3.06. The van der Waals surface area contributed by atoms with Crippen molar-refractivity contribution in [2.24, 2.45) is 0 Å². The number of nitrogens with zero attached hydrogens (tertiary/aromatic N) is 2. The predicted octanol–water partition coefficient (Wildman–Crippen LogP) is 4.07. The van der Waals surface area contributed by atoms with E-state index in [0.717, 1.165) is 59.7 Å². The Morgan fingerprint density at radius 3 is 2.64 bits per heavy atom. The van der Waals surface area contributed by atoms with Crippen molar-refractivity contribution < 1.29 is 4.79 Å². The van der Waals surface area contributed by atoms with E-state index in [2.05, 4.69) is 35.4 Å². The van der Waals surface area contributed by atoms with E-state index in [0.29, 0.717) is 0 Å². The normalized spacial score (nSPS) is 15.7. The average molecular weight is 374 g/mol. The minimum atomic E-state index is -0.371. The summed E-state index contributed by atoms with van der Waals surface area (Å²) < 4.78 is 0. The number of carbonyl (C=O) groups excluding carboxylic acids is 1. The van der Waals surface area contributed by atoms with Gasteiger partial charge in [-0.05, 0) is 36.9 Å². The lowest BCUT2D eigenvalue weighted by molar-refractivity contribution is -0.116. The van der Waals surface area contributed by atoms with Crippen molar-refractivity contribution in [2.75, 3.05) is 36.8 Å². The monoisotopic (exact) mass is 374 g/mol. The van der Waals surface area contributed by atoms with Gasteiger partial charge in [0.25, 0.3) is 0 Å². The summed E-state index contributed by atoms with van der Waals surface area (Å²) in [7, 11) is 0. The van der Waals surface area contributed by atoms with Gasteiger partial charge in [-0.25, -0.2) is 0 Å². The first kappa shape index (κ1) is 18.4. The van der Waals surface area contributed by atoms with Gasteiger partial charge in [0, 0.05) is 29.9 Å². The third-order valence-electron chi connectivity index (χ3n) is 5.46. The predicted molar refractivity (Wildman–Crippen MR) is 115 cm³/mol. The molecule has 5 heteroatoms. The summed E-state index contributed by atoms with van der Waals surface area (Å²) in [6.07, 6.45) is 0. The quantitative estimate of drug-likeness (QED) is 0.654. The van der Waals surface area contributed by atoms with Crippen LogP contribution in [-0.2, 0) is 4.79 Å². The van der Waals surface area contributed by atoms with E-state index in [1.54, 1.807) is 0 Å². The van der Waals surface area contributed by atoms with Gasteiger partial charge < -0.3 is 15.5 Å². The van der Waals surface area contributed by atoms with E-state index in [1.165, 1.54) is 0 Å². The molecule has 1 unspecified atom stereocenters. The molecule has 2 N–H and O–H groups in total. The number of benzene rings is 2. The molecule has 3 aromatic rings. The molecular weight excluding hydrogens is 348 g/mol. The lowest BCUT2D eigenvalue weighted by Gasteiger charge is -2.19. The third kappa shape index (κ3) is 3.45. The summed E-state index contributed by atoms with van der Waals surface area (Å²) in [5.74, 6) is -0.387. The first-order valence-electron chi connectivity index (χ1n) is 9.97. The topological polar surface area (TPSA) is 57.3 Å². The molecule has 0 bridgehead atoms. The van der Waals surface area contributed by atoms with Crippen LogP contribution in [-0.4, -0.2) is 42.0 Å². The van der Waals surface area contributed by atoms with E-state index in [9.17, 15) is 4.79 Å². The molecule has 1 aromatic heterocycles. The van der Waals surface area contributed by atoms with Gasteiger partial charge in [0.15, 0.2) is 0 Å². The zero-order valence-electron chi connectivity index (χ0n) is 16.4. The number of fused-ring (bicyclic) bond motifs is 2. The molecule has 0 saturated carbocycles. The summed E-state index contributed by atoms with van der Waals surface area (Å²) in [6, 6.07) is 18.0. The molecule has 0 saturated heterocycles. The van der Waals surface area contributed by atoms with Gasteiger partial charge in [-0.3, -0.25) is 9.78 Å². The number of anilines is 2. The highest BCUT2D eigenvalue weighted by Gasteiger charge is 2.33. The largest absolute Gasteiger partial charge is 0.383 e. The van der Waals surface area contributed by atoms with E-state index >= 15 is 0 Å². The number of likely N-dealkylation sites (N-methyl/N-ethyl adjacent to an activating group) is 1. The second-order valence-corrected chi connectivity index (χ2v) is 7.08. The third-order valence-corrected chi connectivity index (χ3v) is 5.46. The number of nitrogens with one attached hydrogen (secondary N) is 2. The van der Waals surface area contributed by atoms with Crippen LogP contribution in [0.4, 0.5) is 11.4 Å². The highest BCUT2D eigenvalue weighted by Crippen LogP contribution is 2.38. The Morgan fingerprint density at radius 2 is 1.82 bits per heavy atom. The molecular formula is C23H26N4O. The van der Waals surface area contributed by atoms with E-state index in [1.807, 2.05) is 48.5 Å². The minimum absolute atomic E-state index is 0.0157. The van der Waals surface area contributed by atoms with Crippen LogP contribution in [0.25, 0.3) is 10.9 Å². The maximum atomic E-state index is 12.7. The number of para-hydroxylation sites is 2. The number of hydrogen-bond acceptors (Lipinski definition) is 4. The summed E-state index contributed by atoms with van der Waals surface area (Å²) in [6.45, 7) is 8.27. The van der Waals surface area contributed by atoms with Gasteiger partial charge in [0.2, 0.25) is 5.91 Å². The second-order valence-electron chi connectivity index (χ2n) is 7.08.